The first-order valence-corrected chi connectivity index (χ1v) is 9.28. The highest BCUT2D eigenvalue weighted by Gasteiger charge is 2.14. The van der Waals surface area contributed by atoms with E-state index in [-0.39, 0.29) is 0 Å². The second kappa shape index (κ2) is 8.28. The molecule has 2 rings (SSSR count). The maximum absolute atomic E-state index is 13.3. The van der Waals surface area contributed by atoms with Crippen molar-refractivity contribution in [2.24, 2.45) is 0 Å². The van der Waals surface area contributed by atoms with Gasteiger partial charge in [0.2, 0.25) is 0 Å². The Morgan fingerprint density at radius 3 is 1.83 bits per heavy atom. The SMILES string of the molecule is CCO[SiH](Cc1ccc(-c2cc(F)c(F)c(F)c2)cc1)OCC. The molecule has 0 aromatic heterocycles. The van der Waals surface area contributed by atoms with Gasteiger partial charge in [-0.1, -0.05) is 24.3 Å². The third kappa shape index (κ3) is 4.67. The van der Waals surface area contributed by atoms with Gasteiger partial charge < -0.3 is 8.85 Å². The van der Waals surface area contributed by atoms with E-state index in [9.17, 15) is 13.2 Å². The smallest absolute Gasteiger partial charge is 0.325 e. The zero-order chi connectivity index (χ0) is 16.8. The first-order valence-electron chi connectivity index (χ1n) is 7.52. The fourth-order valence-electron chi connectivity index (χ4n) is 2.29. The molecule has 0 aliphatic rings. The highest BCUT2D eigenvalue weighted by molar-refractivity contribution is 6.43. The predicted octanol–water partition coefficient (Wildman–Crippen LogP) is 4.15. The molecule has 0 atom stereocenters. The zero-order valence-electron chi connectivity index (χ0n) is 13.1. The standard InChI is InChI=1S/C17H19F3O2Si/c1-3-21-23(22-4-2)11-12-5-7-13(8-6-12)14-9-15(18)17(20)16(19)10-14/h5-10,23H,3-4,11H2,1-2H3. The number of hydrogen-bond donors (Lipinski definition) is 0. The molecule has 124 valence electrons. The normalized spacial score (nSPS) is 11.2. The molecule has 23 heavy (non-hydrogen) atoms. The average molecular weight is 340 g/mol. The van der Waals surface area contributed by atoms with Crippen molar-refractivity contribution >= 4 is 9.28 Å². The molecule has 0 saturated heterocycles. The van der Waals surface area contributed by atoms with E-state index < -0.39 is 26.7 Å². The number of hydrogen-bond acceptors (Lipinski definition) is 2. The van der Waals surface area contributed by atoms with E-state index in [0.717, 1.165) is 17.7 Å². The minimum Gasteiger partial charge on any atom is -0.397 e. The van der Waals surface area contributed by atoms with Crippen molar-refractivity contribution in [3.63, 3.8) is 0 Å². The summed E-state index contributed by atoms with van der Waals surface area (Å²) in [5.41, 5.74) is 1.96. The fourth-order valence-corrected chi connectivity index (χ4v) is 4.02. The van der Waals surface area contributed by atoms with Gasteiger partial charge in [-0.3, -0.25) is 0 Å². The van der Waals surface area contributed by atoms with Crippen molar-refractivity contribution < 1.29 is 22.0 Å². The molecule has 0 heterocycles. The van der Waals surface area contributed by atoms with Crippen molar-refractivity contribution in [2.45, 2.75) is 19.9 Å². The van der Waals surface area contributed by atoms with Crippen molar-refractivity contribution in [1.82, 2.24) is 0 Å². The van der Waals surface area contributed by atoms with Crippen LogP contribution in [0.2, 0.25) is 0 Å². The van der Waals surface area contributed by atoms with Crippen LogP contribution in [0.5, 0.6) is 0 Å². The third-order valence-corrected chi connectivity index (χ3v) is 5.59. The lowest BCUT2D eigenvalue weighted by molar-refractivity contribution is 0.213. The lowest BCUT2D eigenvalue weighted by Crippen LogP contribution is -2.26. The summed E-state index contributed by atoms with van der Waals surface area (Å²) in [4.78, 5) is 0. The molecule has 0 fully saturated rings. The second-order valence-corrected chi connectivity index (χ2v) is 6.93. The quantitative estimate of drug-likeness (QED) is 0.557. The first kappa shape index (κ1) is 17.7. The van der Waals surface area contributed by atoms with Crippen LogP contribution in [-0.2, 0) is 14.9 Å². The Labute approximate surface area is 135 Å². The molecule has 2 nitrogen and oxygen atoms in total. The Morgan fingerprint density at radius 1 is 0.826 bits per heavy atom. The zero-order valence-corrected chi connectivity index (χ0v) is 14.3. The molecule has 2 aromatic carbocycles. The lowest BCUT2D eigenvalue weighted by Gasteiger charge is -2.15. The molecule has 0 aliphatic heterocycles. The van der Waals surface area contributed by atoms with Gasteiger partial charge >= 0.3 is 9.28 Å². The highest BCUT2D eigenvalue weighted by atomic mass is 28.3. The summed E-state index contributed by atoms with van der Waals surface area (Å²) in [6.45, 7) is 5.09. The van der Waals surface area contributed by atoms with Gasteiger partial charge in [0.25, 0.3) is 0 Å². The van der Waals surface area contributed by atoms with E-state index in [0.29, 0.717) is 30.4 Å². The van der Waals surface area contributed by atoms with E-state index in [1.54, 1.807) is 12.1 Å². The van der Waals surface area contributed by atoms with Crippen LogP contribution in [-0.4, -0.2) is 22.5 Å². The number of halogens is 3. The maximum Gasteiger partial charge on any atom is 0.325 e. The van der Waals surface area contributed by atoms with Gasteiger partial charge in [-0.2, -0.15) is 0 Å². The van der Waals surface area contributed by atoms with E-state index in [1.807, 2.05) is 26.0 Å². The lowest BCUT2D eigenvalue weighted by atomic mass is 10.0. The van der Waals surface area contributed by atoms with Gasteiger partial charge in [0, 0.05) is 19.3 Å². The Kier molecular flexibility index (Phi) is 6.38. The van der Waals surface area contributed by atoms with Gasteiger partial charge in [-0.05, 0) is 42.7 Å². The van der Waals surface area contributed by atoms with Crippen molar-refractivity contribution in [3.05, 3.63) is 59.4 Å². The Balaban J connectivity index is 2.16. The Morgan fingerprint density at radius 2 is 1.35 bits per heavy atom. The molecule has 0 saturated carbocycles. The van der Waals surface area contributed by atoms with Gasteiger partial charge in [-0.25, -0.2) is 13.2 Å². The van der Waals surface area contributed by atoms with Crippen molar-refractivity contribution in [3.8, 4) is 11.1 Å². The summed E-state index contributed by atoms with van der Waals surface area (Å²) in [5, 5.41) is 0. The average Bonchev–Trinajstić information content (AvgIpc) is 2.53. The highest BCUT2D eigenvalue weighted by Crippen LogP contribution is 2.24. The monoisotopic (exact) mass is 340 g/mol. The molecule has 0 aliphatic carbocycles. The minimum absolute atomic E-state index is 0.302. The summed E-state index contributed by atoms with van der Waals surface area (Å²) in [6.07, 6.45) is 0. The molecular weight excluding hydrogens is 321 g/mol. The number of rotatable bonds is 7. The van der Waals surface area contributed by atoms with Crippen LogP contribution in [0.4, 0.5) is 13.2 Å². The van der Waals surface area contributed by atoms with Gasteiger partial charge in [0.05, 0.1) is 0 Å². The van der Waals surface area contributed by atoms with Crippen LogP contribution in [0.3, 0.4) is 0 Å². The number of benzene rings is 2. The van der Waals surface area contributed by atoms with E-state index in [1.165, 1.54) is 0 Å². The fraction of sp³-hybridized carbons (Fsp3) is 0.294. The maximum atomic E-state index is 13.3. The first-order chi connectivity index (χ1) is 11.0. The van der Waals surface area contributed by atoms with Crippen molar-refractivity contribution in [1.29, 1.82) is 0 Å². The summed E-state index contributed by atoms with van der Waals surface area (Å²) >= 11 is 0. The summed E-state index contributed by atoms with van der Waals surface area (Å²) < 4.78 is 50.9. The Bertz CT molecular complexity index is 618. The van der Waals surface area contributed by atoms with Gasteiger partial charge in [0.15, 0.2) is 17.5 Å². The molecule has 0 amide bonds. The topological polar surface area (TPSA) is 18.5 Å². The van der Waals surface area contributed by atoms with Crippen LogP contribution >= 0.6 is 0 Å². The van der Waals surface area contributed by atoms with Crippen molar-refractivity contribution in [2.75, 3.05) is 13.2 Å². The van der Waals surface area contributed by atoms with Gasteiger partial charge in [0.1, 0.15) is 0 Å². The third-order valence-electron chi connectivity index (χ3n) is 3.38. The molecule has 0 unspecified atom stereocenters. The second-order valence-electron chi connectivity index (χ2n) is 5.00. The van der Waals surface area contributed by atoms with Crippen LogP contribution < -0.4 is 0 Å². The summed E-state index contributed by atoms with van der Waals surface area (Å²) in [7, 11) is -1.74. The van der Waals surface area contributed by atoms with E-state index in [4.69, 9.17) is 8.85 Å². The molecule has 0 bridgehead atoms. The minimum atomic E-state index is -1.74. The molecule has 0 N–H and O–H groups in total. The van der Waals surface area contributed by atoms with Gasteiger partial charge in [-0.15, -0.1) is 0 Å². The van der Waals surface area contributed by atoms with Crippen LogP contribution in [0, 0.1) is 17.5 Å². The molecule has 6 heteroatoms. The van der Waals surface area contributed by atoms with E-state index in [2.05, 4.69) is 0 Å². The predicted molar refractivity (Wildman–Crippen MR) is 85.9 cm³/mol. The van der Waals surface area contributed by atoms with Crippen LogP contribution in [0.25, 0.3) is 11.1 Å². The van der Waals surface area contributed by atoms with Crippen LogP contribution in [0.1, 0.15) is 19.4 Å². The molecule has 2 aromatic rings. The molecule has 0 spiro atoms. The Hall–Kier alpha value is -1.63. The largest absolute Gasteiger partial charge is 0.397 e. The summed E-state index contributed by atoms with van der Waals surface area (Å²) in [6, 6.07) is 9.94. The summed E-state index contributed by atoms with van der Waals surface area (Å²) in [5.74, 6) is -3.83. The molecular formula is C17H19F3O2Si. The molecule has 0 radical (unpaired) electrons. The van der Waals surface area contributed by atoms with E-state index >= 15 is 0 Å². The van der Waals surface area contributed by atoms with Crippen LogP contribution in [0.15, 0.2) is 36.4 Å².